The molecule has 126 valence electrons. The van der Waals surface area contributed by atoms with E-state index in [1.807, 2.05) is 0 Å². The third-order valence-electron chi connectivity index (χ3n) is 3.59. The maximum Gasteiger partial charge on any atom is 0.269 e. The van der Waals surface area contributed by atoms with Crippen molar-refractivity contribution in [1.82, 2.24) is 3.97 Å². The lowest BCUT2D eigenvalue weighted by atomic mass is 10.1. The van der Waals surface area contributed by atoms with Crippen molar-refractivity contribution in [3.63, 3.8) is 0 Å². The average molecular weight is 356 g/mol. The molecule has 3 aromatic rings. The van der Waals surface area contributed by atoms with E-state index in [2.05, 4.69) is 0 Å². The van der Waals surface area contributed by atoms with E-state index in [0.717, 1.165) is 3.97 Å². The molecule has 0 aliphatic heterocycles. The summed E-state index contributed by atoms with van der Waals surface area (Å²) in [7, 11) is -3.78. The van der Waals surface area contributed by atoms with Gasteiger partial charge in [-0.05, 0) is 30.3 Å². The molecule has 0 bridgehead atoms. The molecule has 8 heteroatoms. The predicted molar refractivity (Wildman–Crippen MR) is 90.0 cm³/mol. The van der Waals surface area contributed by atoms with Gasteiger partial charge in [-0.25, -0.2) is 12.4 Å². The zero-order chi connectivity index (χ0) is 18.0. The van der Waals surface area contributed by atoms with E-state index < -0.39 is 20.7 Å². The molecule has 0 aliphatic carbocycles. The van der Waals surface area contributed by atoms with Crippen LogP contribution in [0.1, 0.15) is 15.9 Å². The molecule has 1 aromatic heterocycles. The van der Waals surface area contributed by atoms with Gasteiger partial charge in [-0.15, -0.1) is 0 Å². The summed E-state index contributed by atoms with van der Waals surface area (Å²) in [5, 5.41) is 10.7. The summed E-state index contributed by atoms with van der Waals surface area (Å²) in [6.07, 6.45) is 2.52. The number of hydrogen-bond acceptors (Lipinski definition) is 5. The number of non-ortho nitro benzene ring substituents is 1. The number of nitro benzene ring substituents is 1. The summed E-state index contributed by atoms with van der Waals surface area (Å²) in [4.78, 5) is 22.6. The maximum absolute atomic E-state index is 12.5. The summed E-state index contributed by atoms with van der Waals surface area (Å²) in [5.74, 6) is -0.420. The van der Waals surface area contributed by atoms with Crippen LogP contribution in [0.5, 0.6) is 0 Å². The lowest BCUT2D eigenvalue weighted by Gasteiger charge is -2.05. The van der Waals surface area contributed by atoms with Crippen LogP contribution in [0.2, 0.25) is 0 Å². The van der Waals surface area contributed by atoms with Gasteiger partial charge < -0.3 is 0 Å². The Morgan fingerprint density at radius 1 is 0.920 bits per heavy atom. The van der Waals surface area contributed by atoms with Crippen LogP contribution in [-0.2, 0) is 10.0 Å². The number of aromatic nitrogens is 1. The first-order chi connectivity index (χ1) is 11.9. The quantitative estimate of drug-likeness (QED) is 0.398. The average Bonchev–Trinajstić information content (AvgIpc) is 3.13. The number of nitro groups is 1. The number of carbonyl (C=O) groups is 1. The lowest BCUT2D eigenvalue weighted by Crippen LogP contribution is -2.11. The first-order valence-electron chi connectivity index (χ1n) is 7.17. The van der Waals surface area contributed by atoms with Crippen LogP contribution in [0.3, 0.4) is 0 Å². The molecule has 0 saturated heterocycles. The van der Waals surface area contributed by atoms with Crippen LogP contribution in [0.15, 0.2) is 78.0 Å². The van der Waals surface area contributed by atoms with Gasteiger partial charge in [0.15, 0.2) is 5.78 Å². The highest BCUT2D eigenvalue weighted by Gasteiger charge is 2.19. The van der Waals surface area contributed by atoms with Crippen molar-refractivity contribution in [2.24, 2.45) is 0 Å². The largest absolute Gasteiger partial charge is 0.289 e. The monoisotopic (exact) mass is 356 g/mol. The van der Waals surface area contributed by atoms with E-state index in [4.69, 9.17) is 0 Å². The van der Waals surface area contributed by atoms with Gasteiger partial charge in [-0.3, -0.25) is 14.9 Å². The molecule has 0 amide bonds. The molecule has 0 atom stereocenters. The standard InChI is InChI=1S/C17H12N2O5S/c20-17(13-6-8-15(9-7-13)19(21)22)14-10-11-18(12-14)25(23,24)16-4-2-1-3-5-16/h1-12H. The summed E-state index contributed by atoms with van der Waals surface area (Å²) in [6, 6.07) is 14.4. The summed E-state index contributed by atoms with van der Waals surface area (Å²) < 4.78 is 26.0. The fourth-order valence-electron chi connectivity index (χ4n) is 2.28. The normalized spacial score (nSPS) is 11.2. The van der Waals surface area contributed by atoms with Crippen LogP contribution in [0, 0.1) is 10.1 Å². The minimum atomic E-state index is -3.78. The van der Waals surface area contributed by atoms with Crippen molar-refractivity contribution in [3.8, 4) is 0 Å². The molecule has 0 aliphatic rings. The van der Waals surface area contributed by atoms with Gasteiger partial charge >= 0.3 is 0 Å². The number of benzene rings is 2. The topological polar surface area (TPSA) is 99.3 Å². The summed E-state index contributed by atoms with van der Waals surface area (Å²) in [5.41, 5.74) is 0.287. The number of nitrogens with zero attached hydrogens (tertiary/aromatic N) is 2. The number of hydrogen-bond donors (Lipinski definition) is 0. The Morgan fingerprint density at radius 3 is 2.16 bits per heavy atom. The molecule has 0 fully saturated rings. The van der Waals surface area contributed by atoms with Gasteiger partial charge in [-0.2, -0.15) is 0 Å². The van der Waals surface area contributed by atoms with E-state index in [0.29, 0.717) is 0 Å². The van der Waals surface area contributed by atoms with E-state index in [9.17, 15) is 23.3 Å². The van der Waals surface area contributed by atoms with Crippen LogP contribution in [0.4, 0.5) is 5.69 Å². The SMILES string of the molecule is O=C(c1ccc([N+](=O)[O-])cc1)c1ccn(S(=O)(=O)c2ccccc2)c1. The maximum atomic E-state index is 12.5. The van der Waals surface area contributed by atoms with E-state index in [-0.39, 0.29) is 21.7 Å². The molecule has 0 radical (unpaired) electrons. The zero-order valence-corrected chi connectivity index (χ0v) is 13.6. The fourth-order valence-corrected chi connectivity index (χ4v) is 3.49. The molecule has 1 heterocycles. The van der Waals surface area contributed by atoms with Gasteiger partial charge in [0.25, 0.3) is 15.7 Å². The van der Waals surface area contributed by atoms with Crippen LogP contribution in [0.25, 0.3) is 0 Å². The summed E-state index contributed by atoms with van der Waals surface area (Å²) >= 11 is 0. The highest BCUT2D eigenvalue weighted by atomic mass is 32.2. The molecule has 0 N–H and O–H groups in total. The number of rotatable bonds is 5. The molecular weight excluding hydrogens is 344 g/mol. The second-order valence-corrected chi connectivity index (χ2v) is 7.02. The zero-order valence-electron chi connectivity index (χ0n) is 12.8. The number of ketones is 1. The Bertz CT molecular complexity index is 1040. The summed E-state index contributed by atoms with van der Waals surface area (Å²) in [6.45, 7) is 0. The molecule has 0 unspecified atom stereocenters. The lowest BCUT2D eigenvalue weighted by molar-refractivity contribution is -0.384. The minimum Gasteiger partial charge on any atom is -0.289 e. The van der Waals surface area contributed by atoms with Crippen molar-refractivity contribution in [1.29, 1.82) is 0 Å². The Kier molecular flexibility index (Phi) is 4.20. The third-order valence-corrected chi connectivity index (χ3v) is 5.24. The van der Waals surface area contributed by atoms with Crippen LogP contribution < -0.4 is 0 Å². The first-order valence-corrected chi connectivity index (χ1v) is 8.61. The Labute approximate surface area is 143 Å². The molecule has 0 spiro atoms. The number of carbonyl (C=O) groups excluding carboxylic acids is 1. The van der Waals surface area contributed by atoms with Gasteiger partial charge in [0.1, 0.15) is 0 Å². The van der Waals surface area contributed by atoms with Crippen molar-refractivity contribution < 1.29 is 18.1 Å². The molecule has 7 nitrogen and oxygen atoms in total. The van der Waals surface area contributed by atoms with E-state index in [1.165, 1.54) is 54.9 Å². The third kappa shape index (κ3) is 3.20. The van der Waals surface area contributed by atoms with Crippen molar-refractivity contribution in [3.05, 3.63) is 94.3 Å². The van der Waals surface area contributed by atoms with Crippen molar-refractivity contribution in [2.45, 2.75) is 4.90 Å². The second-order valence-electron chi connectivity index (χ2n) is 5.18. The van der Waals surface area contributed by atoms with Gasteiger partial charge in [0, 0.05) is 35.7 Å². The van der Waals surface area contributed by atoms with Crippen LogP contribution >= 0.6 is 0 Å². The second kappa shape index (κ2) is 6.33. The first kappa shape index (κ1) is 16.6. The smallest absolute Gasteiger partial charge is 0.269 e. The molecule has 0 saturated carbocycles. The van der Waals surface area contributed by atoms with Crippen LogP contribution in [-0.4, -0.2) is 23.1 Å². The Hall–Kier alpha value is -3.26. The molecule has 2 aromatic carbocycles. The Morgan fingerprint density at radius 2 is 1.56 bits per heavy atom. The predicted octanol–water partition coefficient (Wildman–Crippen LogP) is 2.86. The van der Waals surface area contributed by atoms with Gasteiger partial charge in [0.05, 0.1) is 9.82 Å². The fraction of sp³-hybridized carbons (Fsp3) is 0. The Balaban J connectivity index is 1.91. The highest BCUT2D eigenvalue weighted by molar-refractivity contribution is 7.90. The van der Waals surface area contributed by atoms with Gasteiger partial charge in [0.2, 0.25) is 0 Å². The molecule has 3 rings (SSSR count). The van der Waals surface area contributed by atoms with E-state index >= 15 is 0 Å². The van der Waals surface area contributed by atoms with Crippen molar-refractivity contribution in [2.75, 3.05) is 0 Å². The molecular formula is C17H12N2O5S. The van der Waals surface area contributed by atoms with Gasteiger partial charge in [-0.1, -0.05) is 18.2 Å². The van der Waals surface area contributed by atoms with Crippen molar-refractivity contribution >= 4 is 21.5 Å². The highest BCUT2D eigenvalue weighted by Crippen LogP contribution is 2.18. The minimum absolute atomic E-state index is 0.111. The van der Waals surface area contributed by atoms with E-state index in [1.54, 1.807) is 18.2 Å². The molecule has 25 heavy (non-hydrogen) atoms.